The topological polar surface area (TPSA) is 43.8 Å². The van der Waals surface area contributed by atoms with E-state index >= 15 is 0 Å². The molecule has 1 aliphatic rings. The Morgan fingerprint density at radius 2 is 2.05 bits per heavy atom. The fourth-order valence-electron chi connectivity index (χ4n) is 3.21. The minimum atomic E-state index is -1.23. The second-order valence-electron chi connectivity index (χ2n) is 6.31. The number of hydrogen-bond acceptors (Lipinski definition) is 3. The van der Waals surface area contributed by atoms with E-state index < -0.39 is 5.60 Å². The van der Waals surface area contributed by atoms with Gasteiger partial charge in [-0.25, -0.2) is 0 Å². The lowest BCUT2D eigenvalue weighted by molar-refractivity contribution is -0.160. The van der Waals surface area contributed by atoms with Crippen LogP contribution in [0.4, 0.5) is 0 Å². The number of amides is 1. The van der Waals surface area contributed by atoms with Crippen LogP contribution in [0.15, 0.2) is 24.3 Å². The first kappa shape index (κ1) is 17.0. The molecule has 1 saturated heterocycles. The number of nitrogens with zero attached hydrogens (tertiary/aromatic N) is 2. The van der Waals surface area contributed by atoms with Gasteiger partial charge in [0.05, 0.1) is 0 Å². The molecule has 0 aliphatic carbocycles. The third-order valence-corrected chi connectivity index (χ3v) is 4.54. The van der Waals surface area contributed by atoms with Crippen LogP contribution in [-0.4, -0.2) is 52.6 Å². The number of carbonyl (C=O) groups is 1. The van der Waals surface area contributed by atoms with E-state index in [2.05, 4.69) is 37.8 Å². The Bertz CT molecular complexity index is 514. The highest BCUT2D eigenvalue weighted by Crippen LogP contribution is 2.25. The summed E-state index contributed by atoms with van der Waals surface area (Å²) in [5, 5.41) is 10.8. The summed E-state index contributed by atoms with van der Waals surface area (Å²) in [7, 11) is 0. The second-order valence-corrected chi connectivity index (χ2v) is 6.31. The Balaban J connectivity index is 2.09. The van der Waals surface area contributed by atoms with E-state index in [0.29, 0.717) is 19.5 Å². The number of hydrogen-bond donors (Lipinski definition) is 1. The van der Waals surface area contributed by atoms with Crippen molar-refractivity contribution in [3.05, 3.63) is 35.4 Å². The van der Waals surface area contributed by atoms with Crippen LogP contribution in [0, 0.1) is 6.92 Å². The first-order valence-corrected chi connectivity index (χ1v) is 8.28. The number of rotatable bonds is 6. The maximum absolute atomic E-state index is 12.8. The molecule has 4 heteroatoms. The molecule has 1 aromatic rings. The molecule has 0 spiro atoms. The molecule has 1 aromatic carbocycles. The highest BCUT2D eigenvalue weighted by Gasteiger charge is 2.42. The average molecular weight is 304 g/mol. The fraction of sp³-hybridized carbons (Fsp3) is 0.611. The molecule has 0 saturated carbocycles. The first-order valence-electron chi connectivity index (χ1n) is 8.28. The number of benzene rings is 1. The summed E-state index contributed by atoms with van der Waals surface area (Å²) in [6.45, 7) is 9.62. The predicted molar refractivity (Wildman–Crippen MR) is 88.6 cm³/mol. The van der Waals surface area contributed by atoms with Gasteiger partial charge in [0.1, 0.15) is 0 Å². The van der Waals surface area contributed by atoms with E-state index in [-0.39, 0.29) is 5.91 Å². The third-order valence-electron chi connectivity index (χ3n) is 4.54. The van der Waals surface area contributed by atoms with Gasteiger partial charge in [-0.2, -0.15) is 0 Å². The SMILES string of the molecule is CCN(CC)CC1(O)CCCN(Cc2cccc(C)c2)C1=O. The normalized spacial score (nSPS) is 22.4. The molecule has 1 heterocycles. The van der Waals surface area contributed by atoms with E-state index in [1.807, 2.05) is 17.0 Å². The summed E-state index contributed by atoms with van der Waals surface area (Å²) in [6, 6.07) is 8.21. The highest BCUT2D eigenvalue weighted by molar-refractivity contribution is 5.86. The maximum Gasteiger partial charge on any atom is 0.256 e. The van der Waals surface area contributed by atoms with Crippen LogP contribution >= 0.6 is 0 Å². The predicted octanol–water partition coefficient (Wildman–Crippen LogP) is 2.19. The molecule has 2 rings (SSSR count). The van der Waals surface area contributed by atoms with E-state index in [1.165, 1.54) is 5.56 Å². The Labute approximate surface area is 133 Å². The molecule has 1 N–H and O–H groups in total. The van der Waals surface area contributed by atoms with E-state index in [1.54, 1.807) is 0 Å². The second kappa shape index (κ2) is 7.25. The molecule has 1 amide bonds. The first-order chi connectivity index (χ1) is 10.5. The lowest BCUT2D eigenvalue weighted by Crippen LogP contribution is -2.58. The molecule has 1 fully saturated rings. The van der Waals surface area contributed by atoms with Crippen molar-refractivity contribution in [3.63, 3.8) is 0 Å². The number of likely N-dealkylation sites (tertiary alicyclic amines) is 1. The molecule has 1 aliphatic heterocycles. The third kappa shape index (κ3) is 3.87. The zero-order valence-electron chi connectivity index (χ0n) is 14.0. The Kier molecular flexibility index (Phi) is 5.59. The quantitative estimate of drug-likeness (QED) is 0.876. The van der Waals surface area contributed by atoms with Gasteiger partial charge >= 0.3 is 0 Å². The minimum absolute atomic E-state index is 0.118. The van der Waals surface area contributed by atoms with Gasteiger partial charge in [0.15, 0.2) is 5.60 Å². The van der Waals surface area contributed by atoms with Crippen LogP contribution in [0.5, 0.6) is 0 Å². The van der Waals surface area contributed by atoms with Gasteiger partial charge in [0.25, 0.3) is 5.91 Å². The molecule has 0 radical (unpaired) electrons. The van der Waals surface area contributed by atoms with Crippen molar-refractivity contribution in [2.45, 2.75) is 45.8 Å². The molecule has 0 aromatic heterocycles. The summed E-state index contributed by atoms with van der Waals surface area (Å²) in [4.78, 5) is 16.7. The molecular weight excluding hydrogens is 276 g/mol. The van der Waals surface area contributed by atoms with E-state index in [9.17, 15) is 9.90 Å². The molecule has 1 unspecified atom stereocenters. The summed E-state index contributed by atoms with van der Waals surface area (Å²) in [5.74, 6) is -0.118. The summed E-state index contributed by atoms with van der Waals surface area (Å²) >= 11 is 0. The highest BCUT2D eigenvalue weighted by atomic mass is 16.3. The van der Waals surface area contributed by atoms with Crippen LogP contribution in [-0.2, 0) is 11.3 Å². The molecule has 22 heavy (non-hydrogen) atoms. The number of likely N-dealkylation sites (N-methyl/N-ethyl adjacent to an activating group) is 1. The Morgan fingerprint density at radius 1 is 1.32 bits per heavy atom. The van der Waals surface area contributed by atoms with Crippen LogP contribution in [0.1, 0.15) is 37.8 Å². The number of aryl methyl sites for hydroxylation is 1. The molecule has 0 bridgehead atoms. The van der Waals surface area contributed by atoms with Crippen molar-refractivity contribution in [3.8, 4) is 0 Å². The van der Waals surface area contributed by atoms with Crippen LogP contribution in [0.2, 0.25) is 0 Å². The van der Waals surface area contributed by atoms with Gasteiger partial charge in [0, 0.05) is 19.6 Å². The lowest BCUT2D eigenvalue weighted by Gasteiger charge is -2.40. The maximum atomic E-state index is 12.8. The summed E-state index contributed by atoms with van der Waals surface area (Å²) < 4.78 is 0. The van der Waals surface area contributed by atoms with Gasteiger partial charge < -0.3 is 14.9 Å². The van der Waals surface area contributed by atoms with Crippen molar-refractivity contribution >= 4 is 5.91 Å². The van der Waals surface area contributed by atoms with Gasteiger partial charge in [0.2, 0.25) is 0 Å². The van der Waals surface area contributed by atoms with Gasteiger partial charge in [-0.15, -0.1) is 0 Å². The van der Waals surface area contributed by atoms with Crippen molar-refractivity contribution in [2.75, 3.05) is 26.2 Å². The standard InChI is InChI=1S/C18H28N2O2/c1-4-19(5-2)14-18(22)10-7-11-20(17(18)21)13-16-9-6-8-15(3)12-16/h6,8-9,12,22H,4-5,7,10-11,13-14H2,1-3H3. The van der Waals surface area contributed by atoms with E-state index in [0.717, 1.165) is 31.6 Å². The molecule has 122 valence electrons. The zero-order valence-corrected chi connectivity index (χ0v) is 14.0. The summed E-state index contributed by atoms with van der Waals surface area (Å²) in [5.41, 5.74) is 1.09. The number of carbonyl (C=O) groups excluding carboxylic acids is 1. The Hall–Kier alpha value is -1.39. The average Bonchev–Trinajstić information content (AvgIpc) is 2.50. The fourth-order valence-corrected chi connectivity index (χ4v) is 3.21. The molecule has 4 nitrogen and oxygen atoms in total. The van der Waals surface area contributed by atoms with Crippen LogP contribution < -0.4 is 0 Å². The largest absolute Gasteiger partial charge is 0.379 e. The van der Waals surface area contributed by atoms with Gasteiger partial charge in [-0.05, 0) is 38.4 Å². The van der Waals surface area contributed by atoms with Crippen molar-refractivity contribution in [1.82, 2.24) is 9.80 Å². The smallest absolute Gasteiger partial charge is 0.256 e. The number of piperidine rings is 1. The monoisotopic (exact) mass is 304 g/mol. The van der Waals surface area contributed by atoms with Gasteiger partial charge in [-0.1, -0.05) is 43.7 Å². The molecule has 1 atom stereocenters. The zero-order chi connectivity index (χ0) is 16.2. The minimum Gasteiger partial charge on any atom is -0.379 e. The molecular formula is C18H28N2O2. The number of aliphatic hydroxyl groups is 1. The van der Waals surface area contributed by atoms with Gasteiger partial charge in [-0.3, -0.25) is 4.79 Å². The van der Waals surface area contributed by atoms with Crippen molar-refractivity contribution in [1.29, 1.82) is 0 Å². The van der Waals surface area contributed by atoms with Crippen molar-refractivity contribution in [2.24, 2.45) is 0 Å². The van der Waals surface area contributed by atoms with Crippen LogP contribution in [0.3, 0.4) is 0 Å². The van der Waals surface area contributed by atoms with Crippen molar-refractivity contribution < 1.29 is 9.90 Å². The lowest BCUT2D eigenvalue weighted by atomic mass is 9.90. The van der Waals surface area contributed by atoms with Crippen LogP contribution in [0.25, 0.3) is 0 Å². The summed E-state index contributed by atoms with van der Waals surface area (Å²) in [6.07, 6.45) is 1.42. The van der Waals surface area contributed by atoms with E-state index in [4.69, 9.17) is 0 Å². The Morgan fingerprint density at radius 3 is 2.68 bits per heavy atom.